The Labute approximate surface area is 128 Å². The molecular formula is C16H18N4S. The molecule has 0 amide bonds. The van der Waals surface area contributed by atoms with Gasteiger partial charge in [-0.1, -0.05) is 12.1 Å². The Morgan fingerprint density at radius 2 is 1.90 bits per heavy atom. The first-order valence-electron chi connectivity index (χ1n) is 7.06. The van der Waals surface area contributed by atoms with Crippen molar-refractivity contribution in [3.63, 3.8) is 0 Å². The van der Waals surface area contributed by atoms with Crippen molar-refractivity contribution in [3.05, 3.63) is 47.9 Å². The van der Waals surface area contributed by atoms with Crippen LogP contribution in [0, 0.1) is 6.92 Å². The van der Waals surface area contributed by atoms with Crippen LogP contribution in [0.3, 0.4) is 0 Å². The molecule has 0 aliphatic carbocycles. The molecule has 0 atom stereocenters. The molecule has 0 saturated carbocycles. The third-order valence-electron chi connectivity index (χ3n) is 3.31. The van der Waals surface area contributed by atoms with Gasteiger partial charge in [0, 0.05) is 13.2 Å². The maximum absolute atomic E-state index is 4.71. The van der Waals surface area contributed by atoms with Crippen molar-refractivity contribution >= 4 is 22.8 Å². The first-order chi connectivity index (χ1) is 10.2. The molecule has 3 rings (SSSR count). The lowest BCUT2D eigenvalue weighted by molar-refractivity contribution is 0.766. The third-order valence-corrected chi connectivity index (χ3v) is 4.46. The lowest BCUT2D eigenvalue weighted by Crippen LogP contribution is -1.94. The molecular weight excluding hydrogens is 280 g/mol. The summed E-state index contributed by atoms with van der Waals surface area (Å²) < 4.78 is 1.85. The third kappa shape index (κ3) is 3.42. The normalized spacial score (nSPS) is 11.1. The summed E-state index contributed by atoms with van der Waals surface area (Å²) in [4.78, 5) is 9.33. The van der Waals surface area contributed by atoms with Crippen molar-refractivity contribution in [2.45, 2.75) is 24.8 Å². The monoisotopic (exact) mass is 298 g/mol. The number of nitrogens with zero attached hydrogens (tertiary/aromatic N) is 4. The molecule has 21 heavy (non-hydrogen) atoms. The number of fused-ring (bicyclic) bond motifs is 1. The van der Waals surface area contributed by atoms with E-state index in [0.717, 1.165) is 40.3 Å². The summed E-state index contributed by atoms with van der Waals surface area (Å²) in [7, 11) is 1.95. The standard InChI is InChI=1S/C16H18N4S/c1-12-16(19-15-8-4-3-7-14(15)18-12)21-9-5-6-13-10-17-20(2)11-13/h3-4,7-8,10-11H,5-6,9H2,1-2H3. The average molecular weight is 298 g/mol. The number of hydrogen-bond donors (Lipinski definition) is 0. The van der Waals surface area contributed by atoms with Crippen molar-refractivity contribution in [1.82, 2.24) is 19.7 Å². The van der Waals surface area contributed by atoms with Gasteiger partial charge in [-0.15, -0.1) is 11.8 Å². The summed E-state index contributed by atoms with van der Waals surface area (Å²) in [6.45, 7) is 2.03. The first-order valence-corrected chi connectivity index (χ1v) is 8.04. The van der Waals surface area contributed by atoms with Crippen LogP contribution >= 0.6 is 11.8 Å². The van der Waals surface area contributed by atoms with E-state index in [1.165, 1.54) is 5.56 Å². The second-order valence-electron chi connectivity index (χ2n) is 5.08. The second kappa shape index (κ2) is 6.26. The van der Waals surface area contributed by atoms with E-state index in [1.54, 1.807) is 11.8 Å². The SMILES string of the molecule is Cc1nc2ccccc2nc1SCCCc1cnn(C)c1. The summed E-state index contributed by atoms with van der Waals surface area (Å²) in [6, 6.07) is 8.02. The summed E-state index contributed by atoms with van der Waals surface area (Å²) in [5.74, 6) is 1.04. The Balaban J connectivity index is 1.61. The van der Waals surface area contributed by atoms with E-state index in [0.29, 0.717) is 0 Å². The molecule has 2 aromatic heterocycles. The Kier molecular flexibility index (Phi) is 4.20. The lowest BCUT2D eigenvalue weighted by Gasteiger charge is -2.05. The Morgan fingerprint density at radius 3 is 2.62 bits per heavy atom. The van der Waals surface area contributed by atoms with Gasteiger partial charge in [0.1, 0.15) is 5.03 Å². The van der Waals surface area contributed by atoms with Gasteiger partial charge in [0.05, 0.1) is 22.9 Å². The van der Waals surface area contributed by atoms with Crippen LogP contribution in [0.15, 0.2) is 41.7 Å². The Bertz CT molecular complexity index is 751. The van der Waals surface area contributed by atoms with Crippen molar-refractivity contribution in [2.75, 3.05) is 5.75 Å². The molecule has 2 heterocycles. The van der Waals surface area contributed by atoms with Crippen LogP contribution < -0.4 is 0 Å². The summed E-state index contributed by atoms with van der Waals surface area (Å²) in [6.07, 6.45) is 6.18. The van der Waals surface area contributed by atoms with Gasteiger partial charge in [-0.3, -0.25) is 4.68 Å². The van der Waals surface area contributed by atoms with Gasteiger partial charge >= 0.3 is 0 Å². The molecule has 3 aromatic rings. The maximum Gasteiger partial charge on any atom is 0.118 e. The van der Waals surface area contributed by atoms with Crippen molar-refractivity contribution in [3.8, 4) is 0 Å². The largest absolute Gasteiger partial charge is 0.276 e. The number of para-hydroxylation sites is 2. The minimum atomic E-state index is 0.967. The molecule has 0 fully saturated rings. The zero-order valence-corrected chi connectivity index (χ0v) is 13.1. The van der Waals surface area contributed by atoms with Gasteiger partial charge in [0.15, 0.2) is 0 Å². The van der Waals surface area contributed by atoms with Gasteiger partial charge in [0.2, 0.25) is 0 Å². The molecule has 0 saturated heterocycles. The number of aromatic nitrogens is 4. The lowest BCUT2D eigenvalue weighted by atomic mass is 10.2. The molecule has 0 radical (unpaired) electrons. The first kappa shape index (κ1) is 14.1. The van der Waals surface area contributed by atoms with Crippen LogP contribution in [0.2, 0.25) is 0 Å². The summed E-state index contributed by atoms with van der Waals surface area (Å²) in [5.41, 5.74) is 4.24. The van der Waals surface area contributed by atoms with E-state index < -0.39 is 0 Å². The zero-order chi connectivity index (χ0) is 14.7. The van der Waals surface area contributed by atoms with Crippen LogP contribution in [0.1, 0.15) is 17.7 Å². The van der Waals surface area contributed by atoms with Gasteiger partial charge < -0.3 is 0 Å². The minimum absolute atomic E-state index is 0.967. The average Bonchev–Trinajstić information content (AvgIpc) is 2.89. The highest BCUT2D eigenvalue weighted by Crippen LogP contribution is 2.22. The maximum atomic E-state index is 4.71. The van der Waals surface area contributed by atoms with Gasteiger partial charge in [-0.2, -0.15) is 5.10 Å². The van der Waals surface area contributed by atoms with Crippen LogP contribution in [0.5, 0.6) is 0 Å². The fraction of sp³-hybridized carbons (Fsp3) is 0.312. The van der Waals surface area contributed by atoms with Gasteiger partial charge in [-0.25, -0.2) is 9.97 Å². The van der Waals surface area contributed by atoms with E-state index >= 15 is 0 Å². The summed E-state index contributed by atoms with van der Waals surface area (Å²) in [5, 5.41) is 5.23. The number of thioether (sulfide) groups is 1. The number of rotatable bonds is 5. The van der Waals surface area contributed by atoms with Gasteiger partial charge in [0.25, 0.3) is 0 Å². The Hall–Kier alpha value is -1.88. The van der Waals surface area contributed by atoms with Crippen LogP contribution in [-0.2, 0) is 13.5 Å². The molecule has 0 aliphatic heterocycles. The van der Waals surface area contributed by atoms with E-state index in [1.807, 2.05) is 49.1 Å². The van der Waals surface area contributed by atoms with Crippen molar-refractivity contribution < 1.29 is 0 Å². The highest BCUT2D eigenvalue weighted by Gasteiger charge is 2.05. The molecule has 1 aromatic carbocycles. The second-order valence-corrected chi connectivity index (χ2v) is 6.16. The highest BCUT2D eigenvalue weighted by molar-refractivity contribution is 7.99. The highest BCUT2D eigenvalue weighted by atomic mass is 32.2. The number of hydrogen-bond acceptors (Lipinski definition) is 4. The van der Waals surface area contributed by atoms with Crippen molar-refractivity contribution in [1.29, 1.82) is 0 Å². The number of benzene rings is 1. The molecule has 0 N–H and O–H groups in total. The quantitative estimate of drug-likeness (QED) is 0.535. The van der Waals surface area contributed by atoms with Gasteiger partial charge in [-0.05, 0) is 43.2 Å². The van der Waals surface area contributed by atoms with Crippen molar-refractivity contribution in [2.24, 2.45) is 7.05 Å². The van der Waals surface area contributed by atoms with Crippen LogP contribution in [-0.4, -0.2) is 25.5 Å². The molecule has 0 unspecified atom stereocenters. The predicted octanol–water partition coefficient (Wildman–Crippen LogP) is 3.40. The topological polar surface area (TPSA) is 43.6 Å². The Morgan fingerprint density at radius 1 is 1.14 bits per heavy atom. The minimum Gasteiger partial charge on any atom is -0.276 e. The fourth-order valence-corrected chi connectivity index (χ4v) is 3.15. The smallest absolute Gasteiger partial charge is 0.118 e. The van der Waals surface area contributed by atoms with E-state index in [4.69, 9.17) is 4.98 Å². The molecule has 0 bridgehead atoms. The van der Waals surface area contributed by atoms with Crippen LogP contribution in [0.4, 0.5) is 0 Å². The molecule has 0 spiro atoms. The molecule has 4 nitrogen and oxygen atoms in total. The fourth-order valence-electron chi connectivity index (χ4n) is 2.25. The van der Waals surface area contributed by atoms with E-state index in [2.05, 4.69) is 16.3 Å². The molecule has 5 heteroatoms. The predicted molar refractivity (Wildman–Crippen MR) is 86.5 cm³/mol. The number of aryl methyl sites for hydroxylation is 3. The molecule has 108 valence electrons. The molecule has 0 aliphatic rings. The summed E-state index contributed by atoms with van der Waals surface area (Å²) >= 11 is 1.79. The zero-order valence-electron chi connectivity index (χ0n) is 12.3. The van der Waals surface area contributed by atoms with E-state index in [9.17, 15) is 0 Å². The van der Waals surface area contributed by atoms with Crippen LogP contribution in [0.25, 0.3) is 11.0 Å². The van der Waals surface area contributed by atoms with E-state index in [-0.39, 0.29) is 0 Å².